The quantitative estimate of drug-likeness (QED) is 0.432. The first-order valence-electron chi connectivity index (χ1n) is 8.10. The van der Waals surface area contributed by atoms with Gasteiger partial charge in [-0.2, -0.15) is 16.1 Å². The average molecular weight is 371 g/mol. The summed E-state index contributed by atoms with van der Waals surface area (Å²) in [5.41, 5.74) is 1.02. The van der Waals surface area contributed by atoms with E-state index in [1.807, 2.05) is 12.1 Å². The van der Waals surface area contributed by atoms with Crippen LogP contribution in [0.5, 0.6) is 0 Å². The molecule has 0 saturated carbocycles. The van der Waals surface area contributed by atoms with Crippen molar-refractivity contribution in [3.63, 3.8) is 0 Å². The lowest BCUT2D eigenvalue weighted by atomic mass is 10.2. The zero-order chi connectivity index (χ0) is 17.4. The van der Waals surface area contributed by atoms with E-state index in [9.17, 15) is 8.42 Å². The second-order valence-corrected chi connectivity index (χ2v) is 8.52. The smallest absolute Gasteiger partial charge is 0.243 e. The van der Waals surface area contributed by atoms with Gasteiger partial charge in [-0.25, -0.2) is 8.42 Å². The van der Waals surface area contributed by atoms with Crippen LogP contribution in [0.1, 0.15) is 18.4 Å². The third-order valence-electron chi connectivity index (χ3n) is 3.91. The molecule has 1 aromatic rings. The van der Waals surface area contributed by atoms with Crippen LogP contribution in [-0.2, 0) is 16.6 Å². The first kappa shape index (κ1) is 19.1. The van der Waals surface area contributed by atoms with Gasteiger partial charge >= 0.3 is 0 Å². The molecule has 0 radical (unpaired) electrons. The minimum absolute atomic E-state index is 0.371. The van der Waals surface area contributed by atoms with Crippen molar-refractivity contribution in [2.24, 2.45) is 4.99 Å². The molecule has 2 N–H and O–H groups in total. The van der Waals surface area contributed by atoms with Crippen LogP contribution in [0.2, 0.25) is 0 Å². The van der Waals surface area contributed by atoms with E-state index in [1.54, 1.807) is 35.2 Å². The van der Waals surface area contributed by atoms with Crippen LogP contribution < -0.4 is 10.6 Å². The molecule has 0 aliphatic carbocycles. The normalized spacial score (nSPS) is 16.3. The van der Waals surface area contributed by atoms with E-state index in [2.05, 4.69) is 21.9 Å². The fraction of sp³-hybridized carbons (Fsp3) is 0.562. The molecule has 0 spiro atoms. The highest BCUT2D eigenvalue weighted by atomic mass is 32.2. The number of rotatable bonds is 7. The third kappa shape index (κ3) is 5.12. The molecule has 1 aliphatic heterocycles. The molecule has 1 heterocycles. The lowest BCUT2D eigenvalue weighted by Gasteiger charge is -2.16. The van der Waals surface area contributed by atoms with Crippen molar-refractivity contribution in [2.75, 3.05) is 38.7 Å². The summed E-state index contributed by atoms with van der Waals surface area (Å²) in [6.07, 6.45) is 3.96. The molecule has 0 unspecified atom stereocenters. The Balaban J connectivity index is 1.92. The highest BCUT2D eigenvalue weighted by Gasteiger charge is 2.26. The van der Waals surface area contributed by atoms with E-state index < -0.39 is 10.0 Å². The van der Waals surface area contributed by atoms with Crippen LogP contribution in [0.25, 0.3) is 0 Å². The number of thioether (sulfide) groups is 1. The summed E-state index contributed by atoms with van der Waals surface area (Å²) in [5, 5.41) is 6.46. The molecule has 1 saturated heterocycles. The van der Waals surface area contributed by atoms with E-state index in [0.717, 1.165) is 36.7 Å². The molecule has 8 heteroatoms. The molecule has 0 amide bonds. The summed E-state index contributed by atoms with van der Waals surface area (Å²) in [6.45, 7) is 2.71. The Bertz CT molecular complexity index is 639. The molecule has 1 aromatic carbocycles. The van der Waals surface area contributed by atoms with E-state index in [4.69, 9.17) is 0 Å². The van der Waals surface area contributed by atoms with E-state index in [1.165, 1.54) is 0 Å². The fourth-order valence-corrected chi connectivity index (χ4v) is 4.36. The van der Waals surface area contributed by atoms with Crippen LogP contribution in [0.4, 0.5) is 0 Å². The maximum atomic E-state index is 12.5. The molecule has 2 rings (SSSR count). The maximum Gasteiger partial charge on any atom is 0.243 e. The lowest BCUT2D eigenvalue weighted by Crippen LogP contribution is -2.37. The van der Waals surface area contributed by atoms with Crippen molar-refractivity contribution in [3.05, 3.63) is 29.8 Å². The molecule has 0 bridgehead atoms. The van der Waals surface area contributed by atoms with Crippen molar-refractivity contribution in [2.45, 2.75) is 24.3 Å². The second kappa shape index (κ2) is 9.29. The zero-order valence-electron chi connectivity index (χ0n) is 14.3. The SMILES string of the molecule is CN=C(NCCSC)NCc1ccc(S(=O)(=O)N2CCCC2)cc1. The largest absolute Gasteiger partial charge is 0.356 e. The summed E-state index contributed by atoms with van der Waals surface area (Å²) >= 11 is 1.78. The summed E-state index contributed by atoms with van der Waals surface area (Å²) in [5.74, 6) is 1.77. The predicted molar refractivity (Wildman–Crippen MR) is 101 cm³/mol. The number of nitrogens with zero attached hydrogens (tertiary/aromatic N) is 2. The van der Waals surface area contributed by atoms with Crippen LogP contribution >= 0.6 is 11.8 Å². The second-order valence-electron chi connectivity index (χ2n) is 5.60. The van der Waals surface area contributed by atoms with E-state index in [0.29, 0.717) is 24.5 Å². The van der Waals surface area contributed by atoms with Gasteiger partial charge in [0.2, 0.25) is 10.0 Å². The van der Waals surface area contributed by atoms with Gasteiger partial charge in [0, 0.05) is 39.0 Å². The van der Waals surface area contributed by atoms with Gasteiger partial charge in [-0.1, -0.05) is 12.1 Å². The maximum absolute atomic E-state index is 12.5. The zero-order valence-corrected chi connectivity index (χ0v) is 15.9. The minimum atomic E-state index is -3.33. The topological polar surface area (TPSA) is 73.8 Å². The van der Waals surface area contributed by atoms with Crippen molar-refractivity contribution in [1.82, 2.24) is 14.9 Å². The summed E-state index contributed by atoms with van der Waals surface area (Å²) in [7, 11) is -1.60. The van der Waals surface area contributed by atoms with Crippen LogP contribution in [0.15, 0.2) is 34.2 Å². The van der Waals surface area contributed by atoms with Gasteiger partial charge in [-0.05, 0) is 36.8 Å². The number of hydrogen-bond donors (Lipinski definition) is 2. The van der Waals surface area contributed by atoms with E-state index in [-0.39, 0.29) is 0 Å². The molecular formula is C16H26N4O2S2. The number of benzene rings is 1. The number of hydrogen-bond acceptors (Lipinski definition) is 4. The Labute approximate surface area is 149 Å². The highest BCUT2D eigenvalue weighted by molar-refractivity contribution is 7.98. The van der Waals surface area contributed by atoms with Gasteiger partial charge in [0.1, 0.15) is 0 Å². The number of nitrogens with one attached hydrogen (secondary N) is 2. The lowest BCUT2D eigenvalue weighted by molar-refractivity contribution is 0.477. The van der Waals surface area contributed by atoms with Crippen molar-refractivity contribution >= 4 is 27.7 Å². The summed E-state index contributed by atoms with van der Waals surface area (Å²) in [4.78, 5) is 4.54. The average Bonchev–Trinajstić information content (AvgIpc) is 3.14. The summed E-state index contributed by atoms with van der Waals surface area (Å²) < 4.78 is 26.5. The molecule has 1 fully saturated rings. The van der Waals surface area contributed by atoms with Gasteiger partial charge in [0.25, 0.3) is 0 Å². The molecule has 6 nitrogen and oxygen atoms in total. The number of aliphatic imine (C=N–C) groups is 1. The Morgan fingerprint density at radius 3 is 2.46 bits per heavy atom. The predicted octanol–water partition coefficient (Wildman–Crippen LogP) is 1.50. The Morgan fingerprint density at radius 2 is 1.88 bits per heavy atom. The van der Waals surface area contributed by atoms with Gasteiger partial charge < -0.3 is 10.6 Å². The molecular weight excluding hydrogens is 344 g/mol. The Hall–Kier alpha value is -1.25. The highest BCUT2D eigenvalue weighted by Crippen LogP contribution is 2.20. The fourth-order valence-electron chi connectivity index (χ4n) is 2.53. The Kier molecular flexibility index (Phi) is 7.39. The third-order valence-corrected chi connectivity index (χ3v) is 6.43. The summed E-state index contributed by atoms with van der Waals surface area (Å²) in [6, 6.07) is 7.08. The molecule has 134 valence electrons. The minimum Gasteiger partial charge on any atom is -0.356 e. The molecule has 1 aliphatic rings. The van der Waals surface area contributed by atoms with Gasteiger partial charge in [0.15, 0.2) is 5.96 Å². The first-order chi connectivity index (χ1) is 11.6. The molecule has 0 atom stereocenters. The van der Waals surface area contributed by atoms with Gasteiger partial charge in [-0.3, -0.25) is 4.99 Å². The molecule has 0 aromatic heterocycles. The van der Waals surface area contributed by atoms with Gasteiger partial charge in [0.05, 0.1) is 4.90 Å². The monoisotopic (exact) mass is 370 g/mol. The van der Waals surface area contributed by atoms with Crippen molar-refractivity contribution < 1.29 is 8.42 Å². The first-order valence-corrected chi connectivity index (χ1v) is 10.9. The molecule has 24 heavy (non-hydrogen) atoms. The number of guanidine groups is 1. The van der Waals surface area contributed by atoms with Crippen molar-refractivity contribution in [3.8, 4) is 0 Å². The van der Waals surface area contributed by atoms with Crippen LogP contribution in [0, 0.1) is 0 Å². The van der Waals surface area contributed by atoms with Crippen LogP contribution in [-0.4, -0.2) is 57.4 Å². The standard InChI is InChI=1S/C16H26N4O2S2/c1-17-16(18-9-12-23-2)19-13-14-5-7-15(8-6-14)24(21,22)20-10-3-4-11-20/h5-8H,3-4,9-13H2,1-2H3,(H2,17,18,19). The van der Waals surface area contributed by atoms with Crippen LogP contribution in [0.3, 0.4) is 0 Å². The van der Waals surface area contributed by atoms with Gasteiger partial charge in [-0.15, -0.1) is 0 Å². The van der Waals surface area contributed by atoms with E-state index >= 15 is 0 Å². The number of sulfonamides is 1. The Morgan fingerprint density at radius 1 is 1.21 bits per heavy atom. The van der Waals surface area contributed by atoms with Crippen molar-refractivity contribution in [1.29, 1.82) is 0 Å².